The molecular weight excluding hydrogens is 389 g/mol. The highest BCUT2D eigenvalue weighted by atomic mass is 35.5. The first-order valence-electron chi connectivity index (χ1n) is 9.66. The smallest absolute Gasteiger partial charge is 0.240 e. The van der Waals surface area contributed by atoms with Crippen molar-refractivity contribution in [2.45, 2.75) is 58.5 Å². The molecule has 0 radical (unpaired) electrons. The number of amides is 1. The SMILES string of the molecule is CCN(CC)Cc1nc(C2(NC(=O)C(C)C3CNC3)CCCC2)no1.Cl.Cl. The third kappa shape index (κ3) is 5.34. The highest BCUT2D eigenvalue weighted by molar-refractivity contribution is 5.85. The van der Waals surface area contributed by atoms with E-state index in [0.29, 0.717) is 24.2 Å². The third-order valence-electron chi connectivity index (χ3n) is 5.90. The molecule has 2 N–H and O–H groups in total. The predicted octanol–water partition coefficient (Wildman–Crippen LogP) is 2.50. The Balaban J connectivity index is 0.00000182. The van der Waals surface area contributed by atoms with Gasteiger partial charge in [0.05, 0.1) is 6.54 Å². The normalized spacial score (nSPS) is 19.7. The molecule has 0 bridgehead atoms. The van der Waals surface area contributed by atoms with Crippen molar-refractivity contribution in [3.05, 3.63) is 11.7 Å². The van der Waals surface area contributed by atoms with Crippen LogP contribution in [-0.4, -0.2) is 47.1 Å². The number of hydrogen-bond acceptors (Lipinski definition) is 6. The Morgan fingerprint density at radius 2 is 1.93 bits per heavy atom. The summed E-state index contributed by atoms with van der Waals surface area (Å²) >= 11 is 0. The van der Waals surface area contributed by atoms with Gasteiger partial charge in [-0.1, -0.05) is 38.8 Å². The average Bonchev–Trinajstić information content (AvgIpc) is 3.21. The molecule has 1 amide bonds. The van der Waals surface area contributed by atoms with Gasteiger partial charge in [-0.25, -0.2) is 0 Å². The van der Waals surface area contributed by atoms with Crippen molar-refractivity contribution in [1.82, 2.24) is 25.7 Å². The van der Waals surface area contributed by atoms with Crippen molar-refractivity contribution in [1.29, 1.82) is 0 Å². The number of nitrogens with zero attached hydrogens (tertiary/aromatic N) is 3. The highest BCUT2D eigenvalue weighted by Gasteiger charge is 2.43. The van der Waals surface area contributed by atoms with E-state index in [2.05, 4.69) is 39.5 Å². The topological polar surface area (TPSA) is 83.3 Å². The van der Waals surface area contributed by atoms with Crippen LogP contribution in [0.3, 0.4) is 0 Å². The Bertz CT molecular complexity index is 584. The van der Waals surface area contributed by atoms with Crippen LogP contribution in [0.4, 0.5) is 0 Å². The maximum absolute atomic E-state index is 12.8. The lowest BCUT2D eigenvalue weighted by Crippen LogP contribution is -2.53. The molecule has 1 saturated carbocycles. The van der Waals surface area contributed by atoms with Crippen LogP contribution in [-0.2, 0) is 16.9 Å². The minimum atomic E-state index is -0.451. The molecule has 156 valence electrons. The Hall–Kier alpha value is -0.890. The van der Waals surface area contributed by atoms with Gasteiger partial charge in [-0.3, -0.25) is 9.69 Å². The number of rotatable bonds is 8. The van der Waals surface area contributed by atoms with Crippen LogP contribution in [0.5, 0.6) is 0 Å². The molecule has 1 aromatic heterocycles. The number of aromatic nitrogens is 2. The first kappa shape index (κ1) is 24.1. The molecule has 9 heteroatoms. The average molecular weight is 422 g/mol. The fraction of sp³-hybridized carbons (Fsp3) is 0.833. The number of carbonyl (C=O) groups excluding carboxylic acids is 1. The van der Waals surface area contributed by atoms with Crippen molar-refractivity contribution in [3.63, 3.8) is 0 Å². The molecule has 2 fully saturated rings. The van der Waals surface area contributed by atoms with E-state index in [-0.39, 0.29) is 36.6 Å². The number of carbonyl (C=O) groups is 1. The summed E-state index contributed by atoms with van der Waals surface area (Å²) in [6.07, 6.45) is 3.94. The molecule has 1 aromatic rings. The highest BCUT2D eigenvalue weighted by Crippen LogP contribution is 2.38. The molecule has 0 spiro atoms. The molecule has 1 aliphatic heterocycles. The molecular formula is C18H33Cl2N5O2. The van der Waals surface area contributed by atoms with Gasteiger partial charge < -0.3 is 15.2 Å². The lowest BCUT2D eigenvalue weighted by atomic mass is 9.86. The van der Waals surface area contributed by atoms with Crippen molar-refractivity contribution >= 4 is 30.7 Å². The summed E-state index contributed by atoms with van der Waals surface area (Å²) in [5.41, 5.74) is -0.451. The predicted molar refractivity (Wildman–Crippen MR) is 109 cm³/mol. The van der Waals surface area contributed by atoms with E-state index in [9.17, 15) is 4.79 Å². The monoisotopic (exact) mass is 421 g/mol. The summed E-state index contributed by atoms with van der Waals surface area (Å²) in [6, 6.07) is 0. The van der Waals surface area contributed by atoms with Gasteiger partial charge in [-0.15, -0.1) is 24.8 Å². The van der Waals surface area contributed by atoms with E-state index in [1.54, 1.807) is 0 Å². The summed E-state index contributed by atoms with van der Waals surface area (Å²) in [6.45, 7) is 10.7. The van der Waals surface area contributed by atoms with E-state index >= 15 is 0 Å². The Labute approximate surface area is 174 Å². The molecule has 1 atom stereocenters. The van der Waals surface area contributed by atoms with Gasteiger partial charge in [-0.05, 0) is 44.9 Å². The van der Waals surface area contributed by atoms with E-state index in [1.165, 1.54) is 0 Å². The zero-order valence-corrected chi connectivity index (χ0v) is 18.1. The quantitative estimate of drug-likeness (QED) is 0.670. The van der Waals surface area contributed by atoms with Crippen LogP contribution >= 0.6 is 24.8 Å². The second-order valence-corrected chi connectivity index (χ2v) is 7.46. The fourth-order valence-electron chi connectivity index (χ4n) is 3.76. The largest absolute Gasteiger partial charge is 0.343 e. The van der Waals surface area contributed by atoms with Gasteiger partial charge in [0.1, 0.15) is 5.54 Å². The maximum Gasteiger partial charge on any atom is 0.240 e. The Morgan fingerprint density at radius 1 is 1.30 bits per heavy atom. The summed E-state index contributed by atoms with van der Waals surface area (Å²) in [4.78, 5) is 19.6. The maximum atomic E-state index is 12.8. The first-order valence-corrected chi connectivity index (χ1v) is 9.66. The lowest BCUT2D eigenvalue weighted by Gasteiger charge is -2.34. The number of hydrogen-bond donors (Lipinski definition) is 2. The zero-order valence-electron chi connectivity index (χ0n) is 16.5. The second-order valence-electron chi connectivity index (χ2n) is 7.46. The molecule has 2 heterocycles. The molecule has 7 nitrogen and oxygen atoms in total. The van der Waals surface area contributed by atoms with Crippen LogP contribution in [0.25, 0.3) is 0 Å². The molecule has 2 aliphatic rings. The summed E-state index contributed by atoms with van der Waals surface area (Å²) in [5, 5.41) is 10.8. The van der Waals surface area contributed by atoms with Gasteiger partial charge in [0, 0.05) is 5.92 Å². The Kier molecular flexibility index (Phi) is 9.48. The van der Waals surface area contributed by atoms with Crippen LogP contribution in [0.2, 0.25) is 0 Å². The summed E-state index contributed by atoms with van der Waals surface area (Å²) in [5.74, 6) is 1.85. The van der Waals surface area contributed by atoms with Crippen LogP contribution in [0.15, 0.2) is 4.52 Å². The molecule has 1 aliphatic carbocycles. The molecule has 1 saturated heterocycles. The zero-order chi connectivity index (χ0) is 17.9. The number of nitrogens with one attached hydrogen (secondary N) is 2. The van der Waals surface area contributed by atoms with Gasteiger partial charge in [0.2, 0.25) is 11.8 Å². The summed E-state index contributed by atoms with van der Waals surface area (Å²) < 4.78 is 5.49. The molecule has 27 heavy (non-hydrogen) atoms. The van der Waals surface area contributed by atoms with Gasteiger partial charge in [0.25, 0.3) is 0 Å². The lowest BCUT2D eigenvalue weighted by molar-refractivity contribution is -0.129. The van der Waals surface area contributed by atoms with E-state index in [1.807, 2.05) is 6.92 Å². The Morgan fingerprint density at radius 3 is 2.44 bits per heavy atom. The standard InChI is InChI=1S/C18H31N5O2.2ClH/c1-4-23(5-2)12-15-20-17(22-25-15)18(8-6-7-9-18)21-16(24)13(3)14-10-19-11-14;;/h13-14,19H,4-12H2,1-3H3,(H,21,24);2*1H. The van der Waals surface area contributed by atoms with E-state index < -0.39 is 5.54 Å². The molecule has 0 aromatic carbocycles. The van der Waals surface area contributed by atoms with E-state index in [4.69, 9.17) is 4.52 Å². The molecule has 3 rings (SSSR count). The van der Waals surface area contributed by atoms with Crippen molar-refractivity contribution in [2.75, 3.05) is 26.2 Å². The first-order chi connectivity index (χ1) is 12.1. The van der Waals surface area contributed by atoms with Crippen molar-refractivity contribution in [3.8, 4) is 0 Å². The van der Waals surface area contributed by atoms with Crippen molar-refractivity contribution < 1.29 is 9.32 Å². The van der Waals surface area contributed by atoms with E-state index in [0.717, 1.165) is 51.9 Å². The minimum absolute atomic E-state index is 0. The van der Waals surface area contributed by atoms with Crippen LogP contribution in [0.1, 0.15) is 58.2 Å². The minimum Gasteiger partial charge on any atom is -0.343 e. The second kappa shape index (κ2) is 10.6. The number of halogens is 2. The van der Waals surface area contributed by atoms with Gasteiger partial charge in [-0.2, -0.15) is 4.98 Å². The van der Waals surface area contributed by atoms with Crippen LogP contribution in [0, 0.1) is 11.8 Å². The van der Waals surface area contributed by atoms with Gasteiger partial charge in [0.15, 0.2) is 5.82 Å². The third-order valence-corrected chi connectivity index (χ3v) is 5.90. The molecule has 1 unspecified atom stereocenters. The fourth-order valence-corrected chi connectivity index (χ4v) is 3.76. The van der Waals surface area contributed by atoms with Crippen LogP contribution < -0.4 is 10.6 Å². The van der Waals surface area contributed by atoms with Gasteiger partial charge >= 0.3 is 0 Å². The van der Waals surface area contributed by atoms with Crippen molar-refractivity contribution in [2.24, 2.45) is 11.8 Å². The summed E-state index contributed by atoms with van der Waals surface area (Å²) in [7, 11) is 0.